The minimum Gasteiger partial charge on any atom is -0.444 e. The summed E-state index contributed by atoms with van der Waals surface area (Å²) >= 11 is 0. The average molecular weight is 252 g/mol. The standard InChI is InChI=1S/C13H20N2O3/c1-13(2,3)18-12(17)15-11-5-4-10(14)8-9(11)6-7-16/h4-5,8,16H,6-7,14H2,1-3H3,(H,15,17). The van der Waals surface area contributed by atoms with E-state index >= 15 is 0 Å². The van der Waals surface area contributed by atoms with Gasteiger partial charge in [-0.3, -0.25) is 5.32 Å². The molecule has 0 aliphatic heterocycles. The molecule has 0 aliphatic carbocycles. The van der Waals surface area contributed by atoms with Crippen molar-refractivity contribution in [2.75, 3.05) is 17.7 Å². The summed E-state index contributed by atoms with van der Waals surface area (Å²) in [6.45, 7) is 5.38. The third kappa shape index (κ3) is 4.63. The Morgan fingerprint density at radius 1 is 1.44 bits per heavy atom. The van der Waals surface area contributed by atoms with Crippen molar-refractivity contribution in [2.45, 2.75) is 32.8 Å². The number of nitrogen functional groups attached to an aromatic ring is 1. The van der Waals surface area contributed by atoms with E-state index in [0.717, 1.165) is 5.56 Å². The van der Waals surface area contributed by atoms with Gasteiger partial charge < -0.3 is 15.6 Å². The van der Waals surface area contributed by atoms with Gasteiger partial charge in [0.1, 0.15) is 5.60 Å². The van der Waals surface area contributed by atoms with Crippen LogP contribution in [-0.4, -0.2) is 23.4 Å². The number of rotatable bonds is 3. The lowest BCUT2D eigenvalue weighted by Gasteiger charge is -2.20. The number of nitrogens with one attached hydrogen (secondary N) is 1. The summed E-state index contributed by atoms with van der Waals surface area (Å²) in [7, 11) is 0. The fourth-order valence-electron chi connectivity index (χ4n) is 1.48. The van der Waals surface area contributed by atoms with E-state index in [0.29, 0.717) is 17.8 Å². The molecule has 1 aromatic carbocycles. The molecule has 0 radical (unpaired) electrons. The van der Waals surface area contributed by atoms with E-state index in [1.165, 1.54) is 0 Å². The summed E-state index contributed by atoms with van der Waals surface area (Å²) < 4.78 is 5.16. The largest absolute Gasteiger partial charge is 0.444 e. The molecule has 1 aromatic rings. The van der Waals surface area contributed by atoms with Crippen LogP contribution >= 0.6 is 0 Å². The van der Waals surface area contributed by atoms with E-state index in [4.69, 9.17) is 15.6 Å². The van der Waals surface area contributed by atoms with Gasteiger partial charge >= 0.3 is 6.09 Å². The Kier molecular flexibility index (Phi) is 4.55. The fourth-order valence-corrected chi connectivity index (χ4v) is 1.48. The number of anilines is 2. The van der Waals surface area contributed by atoms with Gasteiger partial charge in [-0.15, -0.1) is 0 Å². The summed E-state index contributed by atoms with van der Waals surface area (Å²) in [4.78, 5) is 11.6. The first-order chi connectivity index (χ1) is 8.31. The molecular weight excluding hydrogens is 232 g/mol. The predicted molar refractivity (Wildman–Crippen MR) is 71.5 cm³/mol. The molecule has 5 heteroatoms. The maximum absolute atomic E-state index is 11.6. The highest BCUT2D eigenvalue weighted by atomic mass is 16.6. The van der Waals surface area contributed by atoms with Crippen LogP contribution in [0.25, 0.3) is 0 Å². The molecule has 4 N–H and O–H groups in total. The highest BCUT2D eigenvalue weighted by molar-refractivity contribution is 5.86. The Bertz CT molecular complexity index is 425. The van der Waals surface area contributed by atoms with E-state index in [2.05, 4.69) is 5.32 Å². The molecule has 1 rings (SSSR count). The van der Waals surface area contributed by atoms with Crippen molar-refractivity contribution in [3.05, 3.63) is 23.8 Å². The van der Waals surface area contributed by atoms with Crippen molar-refractivity contribution < 1.29 is 14.6 Å². The zero-order valence-electron chi connectivity index (χ0n) is 11.0. The fraction of sp³-hybridized carbons (Fsp3) is 0.462. The Balaban J connectivity index is 2.80. The summed E-state index contributed by atoms with van der Waals surface area (Å²) in [5, 5.41) is 11.6. The molecule has 100 valence electrons. The monoisotopic (exact) mass is 252 g/mol. The number of hydrogen-bond donors (Lipinski definition) is 3. The number of nitrogens with two attached hydrogens (primary N) is 1. The summed E-state index contributed by atoms with van der Waals surface area (Å²) in [6.07, 6.45) is -0.0950. The van der Waals surface area contributed by atoms with E-state index in [1.54, 1.807) is 39.0 Å². The number of carbonyl (C=O) groups is 1. The van der Waals surface area contributed by atoms with Crippen molar-refractivity contribution in [1.82, 2.24) is 0 Å². The molecule has 0 fully saturated rings. The van der Waals surface area contributed by atoms with Gasteiger partial charge in [0.2, 0.25) is 0 Å². The molecule has 0 atom stereocenters. The Labute approximate surface area is 107 Å². The number of hydrogen-bond acceptors (Lipinski definition) is 4. The normalized spacial score (nSPS) is 11.1. The number of amides is 1. The average Bonchev–Trinajstić information content (AvgIpc) is 2.20. The predicted octanol–water partition coefficient (Wildman–Crippen LogP) is 2.15. The summed E-state index contributed by atoms with van der Waals surface area (Å²) in [5.74, 6) is 0. The molecule has 18 heavy (non-hydrogen) atoms. The lowest BCUT2D eigenvalue weighted by molar-refractivity contribution is 0.0635. The molecule has 1 amide bonds. The van der Waals surface area contributed by atoms with Crippen LogP contribution in [0.5, 0.6) is 0 Å². The molecule has 0 spiro atoms. The molecule has 0 aromatic heterocycles. The minimum absolute atomic E-state index is 0.00749. The topological polar surface area (TPSA) is 84.6 Å². The van der Waals surface area contributed by atoms with Crippen LogP contribution in [0.1, 0.15) is 26.3 Å². The zero-order chi connectivity index (χ0) is 13.8. The van der Waals surface area contributed by atoms with Crippen LogP contribution in [-0.2, 0) is 11.2 Å². The van der Waals surface area contributed by atoms with Crippen molar-refractivity contribution in [3.8, 4) is 0 Å². The third-order valence-corrected chi connectivity index (χ3v) is 2.15. The van der Waals surface area contributed by atoms with Crippen LogP contribution in [0.3, 0.4) is 0 Å². The molecule has 0 unspecified atom stereocenters. The van der Waals surface area contributed by atoms with Gasteiger partial charge in [0, 0.05) is 18.0 Å². The van der Waals surface area contributed by atoms with E-state index < -0.39 is 11.7 Å². The van der Waals surface area contributed by atoms with Crippen LogP contribution < -0.4 is 11.1 Å². The molecule has 5 nitrogen and oxygen atoms in total. The third-order valence-electron chi connectivity index (χ3n) is 2.15. The quantitative estimate of drug-likeness (QED) is 0.720. The number of aliphatic hydroxyl groups excluding tert-OH is 1. The van der Waals surface area contributed by atoms with Gasteiger partial charge in [-0.05, 0) is 51.0 Å². The second-order valence-corrected chi connectivity index (χ2v) is 5.02. The van der Waals surface area contributed by atoms with Crippen LogP contribution in [0, 0.1) is 0 Å². The van der Waals surface area contributed by atoms with E-state index in [-0.39, 0.29) is 6.61 Å². The summed E-state index contributed by atoms with van der Waals surface area (Å²) in [6, 6.07) is 5.11. The van der Waals surface area contributed by atoms with Crippen LogP contribution in [0.4, 0.5) is 16.2 Å². The highest BCUT2D eigenvalue weighted by Crippen LogP contribution is 2.20. The lowest BCUT2D eigenvalue weighted by atomic mass is 10.1. The molecule has 0 saturated carbocycles. The first-order valence-corrected chi connectivity index (χ1v) is 5.81. The number of benzene rings is 1. The van der Waals surface area contributed by atoms with Gasteiger partial charge in [-0.25, -0.2) is 4.79 Å². The van der Waals surface area contributed by atoms with Gasteiger partial charge in [0.05, 0.1) is 0 Å². The number of carbonyl (C=O) groups excluding carboxylic acids is 1. The number of aliphatic hydroxyl groups is 1. The zero-order valence-corrected chi connectivity index (χ0v) is 11.0. The maximum atomic E-state index is 11.6. The van der Waals surface area contributed by atoms with Gasteiger partial charge in [0.15, 0.2) is 0 Å². The van der Waals surface area contributed by atoms with Crippen molar-refractivity contribution in [1.29, 1.82) is 0 Å². The first kappa shape index (κ1) is 14.3. The van der Waals surface area contributed by atoms with Crippen molar-refractivity contribution in [3.63, 3.8) is 0 Å². The van der Waals surface area contributed by atoms with Gasteiger partial charge in [-0.1, -0.05) is 0 Å². The van der Waals surface area contributed by atoms with Crippen molar-refractivity contribution in [2.24, 2.45) is 0 Å². The molecular formula is C13H20N2O3. The van der Waals surface area contributed by atoms with Crippen molar-refractivity contribution >= 4 is 17.5 Å². The molecule has 0 saturated heterocycles. The second-order valence-electron chi connectivity index (χ2n) is 5.02. The van der Waals surface area contributed by atoms with E-state index in [9.17, 15) is 4.79 Å². The maximum Gasteiger partial charge on any atom is 0.412 e. The smallest absolute Gasteiger partial charge is 0.412 e. The van der Waals surface area contributed by atoms with E-state index in [1.807, 2.05) is 0 Å². The van der Waals surface area contributed by atoms with Gasteiger partial charge in [0.25, 0.3) is 0 Å². The Morgan fingerprint density at radius 2 is 2.11 bits per heavy atom. The molecule has 0 bridgehead atoms. The SMILES string of the molecule is CC(C)(C)OC(=O)Nc1ccc(N)cc1CCO. The Morgan fingerprint density at radius 3 is 2.67 bits per heavy atom. The second kappa shape index (κ2) is 5.73. The van der Waals surface area contributed by atoms with Crippen LogP contribution in [0.2, 0.25) is 0 Å². The highest BCUT2D eigenvalue weighted by Gasteiger charge is 2.17. The Hall–Kier alpha value is -1.75. The lowest BCUT2D eigenvalue weighted by Crippen LogP contribution is -2.27. The van der Waals surface area contributed by atoms with Gasteiger partial charge in [-0.2, -0.15) is 0 Å². The molecule has 0 aliphatic rings. The van der Waals surface area contributed by atoms with Crippen LogP contribution in [0.15, 0.2) is 18.2 Å². The molecule has 0 heterocycles. The number of ether oxygens (including phenoxy) is 1. The minimum atomic E-state index is -0.547. The first-order valence-electron chi connectivity index (χ1n) is 5.81. The summed E-state index contributed by atoms with van der Waals surface area (Å²) in [5.41, 5.74) is 7.09.